The number of rotatable bonds is 5. The molecule has 0 unspecified atom stereocenters. The first kappa shape index (κ1) is 18.4. The van der Waals surface area contributed by atoms with E-state index in [1.807, 2.05) is 20.8 Å². The Labute approximate surface area is 146 Å². The van der Waals surface area contributed by atoms with Crippen molar-refractivity contribution in [1.82, 2.24) is 5.32 Å². The Kier molecular flexibility index (Phi) is 5.75. The summed E-state index contributed by atoms with van der Waals surface area (Å²) >= 11 is 0. The molecule has 0 saturated carbocycles. The zero-order valence-electron chi connectivity index (χ0n) is 14.4. The topological polar surface area (TPSA) is 67.4 Å². The first-order valence-corrected chi connectivity index (χ1v) is 7.84. The minimum atomic E-state index is -0.416. The number of carbonyl (C=O) groups excluding carboxylic acids is 2. The second-order valence-corrected chi connectivity index (χ2v) is 6.54. The van der Waals surface area contributed by atoms with Gasteiger partial charge in [-0.25, -0.2) is 4.39 Å². The molecule has 0 radical (unpaired) electrons. The van der Waals surface area contributed by atoms with Crippen LogP contribution in [0.25, 0.3) is 0 Å². The summed E-state index contributed by atoms with van der Waals surface area (Å²) in [5.41, 5.74) is 0.379. The van der Waals surface area contributed by atoms with Crippen molar-refractivity contribution in [3.63, 3.8) is 0 Å². The third kappa shape index (κ3) is 5.91. The number of hydrogen-bond acceptors (Lipinski definition) is 3. The SMILES string of the molecule is CC(C)(C)NC(=O)c1ccccc1NC(=O)COc1ccc(F)cc1. The maximum atomic E-state index is 12.8. The van der Waals surface area contributed by atoms with Crippen molar-refractivity contribution in [3.8, 4) is 5.75 Å². The molecule has 0 bridgehead atoms. The van der Waals surface area contributed by atoms with Gasteiger partial charge in [-0.05, 0) is 57.2 Å². The van der Waals surface area contributed by atoms with Gasteiger partial charge in [0.15, 0.2) is 6.61 Å². The Morgan fingerprint density at radius 2 is 1.68 bits per heavy atom. The molecule has 0 saturated heterocycles. The van der Waals surface area contributed by atoms with Crippen LogP contribution < -0.4 is 15.4 Å². The second kappa shape index (κ2) is 7.79. The predicted octanol–water partition coefficient (Wildman–Crippen LogP) is 3.37. The largest absolute Gasteiger partial charge is 0.484 e. The van der Waals surface area contributed by atoms with Crippen molar-refractivity contribution < 1.29 is 18.7 Å². The zero-order valence-corrected chi connectivity index (χ0v) is 14.4. The van der Waals surface area contributed by atoms with E-state index >= 15 is 0 Å². The maximum absolute atomic E-state index is 12.8. The highest BCUT2D eigenvalue weighted by atomic mass is 19.1. The minimum absolute atomic E-state index is 0.249. The van der Waals surface area contributed by atoms with Crippen molar-refractivity contribution in [3.05, 3.63) is 59.9 Å². The van der Waals surface area contributed by atoms with Crippen molar-refractivity contribution in [2.75, 3.05) is 11.9 Å². The molecule has 0 atom stereocenters. The molecule has 2 N–H and O–H groups in total. The fraction of sp³-hybridized carbons (Fsp3) is 0.263. The van der Waals surface area contributed by atoms with E-state index in [0.29, 0.717) is 17.0 Å². The van der Waals surface area contributed by atoms with Crippen LogP contribution in [-0.4, -0.2) is 24.0 Å². The van der Waals surface area contributed by atoms with Gasteiger partial charge in [-0.1, -0.05) is 12.1 Å². The molecular weight excluding hydrogens is 323 g/mol. The van der Waals surface area contributed by atoms with Crippen LogP contribution in [-0.2, 0) is 4.79 Å². The molecule has 0 fully saturated rings. The average Bonchev–Trinajstić information content (AvgIpc) is 2.53. The zero-order chi connectivity index (χ0) is 18.4. The van der Waals surface area contributed by atoms with Gasteiger partial charge in [0.25, 0.3) is 11.8 Å². The summed E-state index contributed by atoms with van der Waals surface area (Å²) in [6, 6.07) is 12.1. The lowest BCUT2D eigenvalue weighted by Gasteiger charge is -2.21. The molecule has 25 heavy (non-hydrogen) atoms. The quantitative estimate of drug-likeness (QED) is 0.874. The molecule has 0 aliphatic carbocycles. The standard InChI is InChI=1S/C19H21FN2O3/c1-19(2,3)22-18(24)15-6-4-5-7-16(15)21-17(23)12-25-14-10-8-13(20)9-11-14/h4-11H,12H2,1-3H3,(H,21,23)(H,22,24). The van der Waals surface area contributed by atoms with Crippen molar-refractivity contribution in [2.45, 2.75) is 26.3 Å². The molecule has 5 nitrogen and oxygen atoms in total. The van der Waals surface area contributed by atoms with E-state index < -0.39 is 5.91 Å². The summed E-state index contributed by atoms with van der Waals surface area (Å²) in [5.74, 6) is -0.686. The van der Waals surface area contributed by atoms with E-state index in [1.54, 1.807) is 24.3 Å². The number of nitrogens with one attached hydrogen (secondary N) is 2. The monoisotopic (exact) mass is 344 g/mol. The van der Waals surface area contributed by atoms with E-state index in [9.17, 15) is 14.0 Å². The molecule has 0 aliphatic heterocycles. The highest BCUT2D eigenvalue weighted by molar-refractivity contribution is 6.04. The Morgan fingerprint density at radius 3 is 2.32 bits per heavy atom. The highest BCUT2D eigenvalue weighted by Crippen LogP contribution is 2.17. The molecule has 2 amide bonds. The van der Waals surface area contributed by atoms with Gasteiger partial charge in [-0.15, -0.1) is 0 Å². The fourth-order valence-corrected chi connectivity index (χ4v) is 2.06. The molecule has 0 spiro atoms. The lowest BCUT2D eigenvalue weighted by molar-refractivity contribution is -0.118. The van der Waals surface area contributed by atoms with Crippen LogP contribution in [0.1, 0.15) is 31.1 Å². The molecule has 2 aromatic carbocycles. The van der Waals surface area contributed by atoms with Gasteiger partial charge in [0, 0.05) is 5.54 Å². The van der Waals surface area contributed by atoms with Crippen molar-refractivity contribution in [2.24, 2.45) is 0 Å². The summed E-state index contributed by atoms with van der Waals surface area (Å²) in [4.78, 5) is 24.4. The number of carbonyl (C=O) groups is 2. The molecule has 0 heterocycles. The van der Waals surface area contributed by atoms with E-state index in [-0.39, 0.29) is 23.9 Å². The van der Waals surface area contributed by atoms with Gasteiger partial charge in [-0.3, -0.25) is 9.59 Å². The fourth-order valence-electron chi connectivity index (χ4n) is 2.06. The van der Waals surface area contributed by atoms with E-state index in [4.69, 9.17) is 4.74 Å². The maximum Gasteiger partial charge on any atom is 0.262 e. The van der Waals surface area contributed by atoms with Crippen molar-refractivity contribution in [1.29, 1.82) is 0 Å². The first-order chi connectivity index (χ1) is 11.7. The summed E-state index contributed by atoms with van der Waals surface area (Å²) in [6.45, 7) is 5.38. The average molecular weight is 344 g/mol. The van der Waals surface area contributed by atoms with Crippen LogP contribution in [0.2, 0.25) is 0 Å². The molecular formula is C19H21FN2O3. The number of anilines is 1. The van der Waals surface area contributed by atoms with Crippen LogP contribution in [0, 0.1) is 5.82 Å². The van der Waals surface area contributed by atoms with Gasteiger partial charge >= 0.3 is 0 Å². The van der Waals surface area contributed by atoms with Crippen LogP contribution >= 0.6 is 0 Å². The Morgan fingerprint density at radius 1 is 1.04 bits per heavy atom. The van der Waals surface area contributed by atoms with Gasteiger partial charge in [0.2, 0.25) is 0 Å². The summed E-state index contributed by atoms with van der Waals surface area (Å²) in [7, 11) is 0. The Bertz CT molecular complexity index is 752. The third-order valence-corrected chi connectivity index (χ3v) is 3.12. The number of hydrogen-bond donors (Lipinski definition) is 2. The van der Waals surface area contributed by atoms with Gasteiger partial charge in [-0.2, -0.15) is 0 Å². The molecule has 0 aliphatic rings. The Balaban J connectivity index is 2.00. The van der Waals surface area contributed by atoms with Crippen LogP contribution in [0.15, 0.2) is 48.5 Å². The Hall–Kier alpha value is -2.89. The van der Waals surface area contributed by atoms with E-state index in [0.717, 1.165) is 0 Å². The number of halogens is 1. The summed E-state index contributed by atoms with van der Waals surface area (Å²) in [5, 5.41) is 5.52. The third-order valence-electron chi connectivity index (χ3n) is 3.12. The van der Waals surface area contributed by atoms with Gasteiger partial charge < -0.3 is 15.4 Å². The molecule has 2 aromatic rings. The smallest absolute Gasteiger partial charge is 0.262 e. The van der Waals surface area contributed by atoms with Gasteiger partial charge in [0.05, 0.1) is 11.3 Å². The molecule has 132 valence electrons. The normalized spacial score (nSPS) is 10.9. The lowest BCUT2D eigenvalue weighted by Crippen LogP contribution is -2.41. The summed E-state index contributed by atoms with van der Waals surface area (Å²) < 4.78 is 18.1. The number of benzene rings is 2. The molecule has 2 rings (SSSR count). The predicted molar refractivity (Wildman–Crippen MR) is 94.2 cm³/mol. The molecule has 6 heteroatoms. The first-order valence-electron chi connectivity index (χ1n) is 7.84. The van der Waals surface area contributed by atoms with E-state index in [1.165, 1.54) is 24.3 Å². The van der Waals surface area contributed by atoms with E-state index in [2.05, 4.69) is 10.6 Å². The second-order valence-electron chi connectivity index (χ2n) is 6.54. The highest BCUT2D eigenvalue weighted by Gasteiger charge is 2.18. The van der Waals surface area contributed by atoms with Crippen LogP contribution in [0.4, 0.5) is 10.1 Å². The van der Waals surface area contributed by atoms with Crippen molar-refractivity contribution >= 4 is 17.5 Å². The van der Waals surface area contributed by atoms with Gasteiger partial charge in [0.1, 0.15) is 11.6 Å². The number of ether oxygens (including phenoxy) is 1. The number of para-hydroxylation sites is 1. The van der Waals surface area contributed by atoms with Crippen LogP contribution in [0.3, 0.4) is 0 Å². The lowest BCUT2D eigenvalue weighted by atomic mass is 10.1. The summed E-state index contributed by atoms with van der Waals surface area (Å²) in [6.07, 6.45) is 0. The minimum Gasteiger partial charge on any atom is -0.484 e. The van der Waals surface area contributed by atoms with Crippen LogP contribution in [0.5, 0.6) is 5.75 Å². The number of amides is 2. The molecule has 0 aromatic heterocycles.